The number of hydrogen-bond acceptors (Lipinski definition) is 2. The standard InChI is InChI=1S/C9H22N2/c1-4-6-8-11-9(10-3)7-5-2/h9-11H,4-8H2,1-3H3. The first-order valence-electron chi connectivity index (χ1n) is 4.75. The van der Waals surface area contributed by atoms with Crippen LogP contribution in [-0.4, -0.2) is 19.8 Å². The molecule has 0 saturated heterocycles. The maximum Gasteiger partial charge on any atom is 0.0569 e. The lowest BCUT2D eigenvalue weighted by Crippen LogP contribution is -2.40. The molecule has 0 bridgehead atoms. The normalized spacial score (nSPS) is 13.4. The lowest BCUT2D eigenvalue weighted by Gasteiger charge is -2.16. The molecule has 0 aromatic heterocycles. The van der Waals surface area contributed by atoms with E-state index in [0.717, 1.165) is 6.54 Å². The summed E-state index contributed by atoms with van der Waals surface area (Å²) in [6, 6.07) is 0. The molecule has 0 aromatic rings. The molecule has 1 unspecified atom stereocenters. The fourth-order valence-electron chi connectivity index (χ4n) is 1.09. The molecule has 68 valence electrons. The minimum absolute atomic E-state index is 0.520. The summed E-state index contributed by atoms with van der Waals surface area (Å²) < 4.78 is 0. The first kappa shape index (κ1) is 10.9. The molecule has 0 aliphatic heterocycles. The molecular weight excluding hydrogens is 136 g/mol. The van der Waals surface area contributed by atoms with Crippen LogP contribution >= 0.6 is 0 Å². The van der Waals surface area contributed by atoms with E-state index in [4.69, 9.17) is 0 Å². The Morgan fingerprint density at radius 2 is 1.91 bits per heavy atom. The topological polar surface area (TPSA) is 24.1 Å². The lowest BCUT2D eigenvalue weighted by atomic mass is 10.2. The van der Waals surface area contributed by atoms with Crippen LogP contribution < -0.4 is 10.6 Å². The van der Waals surface area contributed by atoms with Crippen LogP contribution in [0.4, 0.5) is 0 Å². The van der Waals surface area contributed by atoms with E-state index in [9.17, 15) is 0 Å². The van der Waals surface area contributed by atoms with Crippen LogP contribution in [-0.2, 0) is 0 Å². The molecule has 0 rings (SSSR count). The molecule has 0 heterocycles. The molecule has 0 fully saturated rings. The molecule has 0 aliphatic rings. The fourth-order valence-corrected chi connectivity index (χ4v) is 1.09. The molecule has 2 N–H and O–H groups in total. The van der Waals surface area contributed by atoms with E-state index in [1.807, 2.05) is 7.05 Å². The third-order valence-corrected chi connectivity index (χ3v) is 1.85. The van der Waals surface area contributed by atoms with Crippen LogP contribution in [0.15, 0.2) is 0 Å². The van der Waals surface area contributed by atoms with E-state index < -0.39 is 0 Å². The minimum Gasteiger partial charge on any atom is -0.305 e. The van der Waals surface area contributed by atoms with Crippen molar-refractivity contribution in [2.75, 3.05) is 13.6 Å². The fraction of sp³-hybridized carbons (Fsp3) is 1.00. The Morgan fingerprint density at radius 1 is 1.18 bits per heavy atom. The largest absolute Gasteiger partial charge is 0.305 e. The predicted molar refractivity (Wildman–Crippen MR) is 50.7 cm³/mol. The van der Waals surface area contributed by atoms with Crippen molar-refractivity contribution in [3.63, 3.8) is 0 Å². The third-order valence-electron chi connectivity index (χ3n) is 1.85. The van der Waals surface area contributed by atoms with Gasteiger partial charge in [-0.15, -0.1) is 0 Å². The summed E-state index contributed by atoms with van der Waals surface area (Å²) in [4.78, 5) is 0. The van der Waals surface area contributed by atoms with Crippen LogP contribution in [0.1, 0.15) is 39.5 Å². The van der Waals surface area contributed by atoms with Gasteiger partial charge in [-0.3, -0.25) is 0 Å². The Hall–Kier alpha value is -0.0800. The van der Waals surface area contributed by atoms with Crippen molar-refractivity contribution < 1.29 is 0 Å². The maximum atomic E-state index is 3.46. The van der Waals surface area contributed by atoms with Gasteiger partial charge in [0.25, 0.3) is 0 Å². The molecule has 0 saturated carbocycles. The predicted octanol–water partition coefficient (Wildman–Crippen LogP) is 1.72. The van der Waals surface area contributed by atoms with Gasteiger partial charge in [-0.2, -0.15) is 0 Å². The van der Waals surface area contributed by atoms with Crippen LogP contribution in [0, 0.1) is 0 Å². The van der Waals surface area contributed by atoms with Gasteiger partial charge in [0.1, 0.15) is 0 Å². The Bertz CT molecular complexity index is 74.0. The zero-order valence-electron chi connectivity index (χ0n) is 8.11. The number of nitrogens with one attached hydrogen (secondary N) is 2. The monoisotopic (exact) mass is 158 g/mol. The summed E-state index contributed by atoms with van der Waals surface area (Å²) in [6.07, 6.45) is 5.54. The second-order valence-electron chi connectivity index (χ2n) is 2.94. The van der Waals surface area contributed by atoms with Crippen molar-refractivity contribution in [3.8, 4) is 0 Å². The van der Waals surface area contributed by atoms with Crippen molar-refractivity contribution in [2.45, 2.75) is 45.7 Å². The van der Waals surface area contributed by atoms with Gasteiger partial charge < -0.3 is 10.6 Å². The van der Waals surface area contributed by atoms with Crippen molar-refractivity contribution >= 4 is 0 Å². The van der Waals surface area contributed by atoms with Crippen molar-refractivity contribution in [1.29, 1.82) is 0 Å². The van der Waals surface area contributed by atoms with Gasteiger partial charge in [0.05, 0.1) is 6.17 Å². The van der Waals surface area contributed by atoms with Gasteiger partial charge in [0, 0.05) is 0 Å². The van der Waals surface area contributed by atoms with E-state index in [2.05, 4.69) is 24.5 Å². The molecule has 11 heavy (non-hydrogen) atoms. The smallest absolute Gasteiger partial charge is 0.0569 e. The molecule has 0 amide bonds. The Labute approximate surface area is 70.8 Å². The first-order valence-corrected chi connectivity index (χ1v) is 4.75. The maximum absolute atomic E-state index is 3.46. The Kier molecular flexibility index (Phi) is 7.96. The van der Waals surface area contributed by atoms with Crippen molar-refractivity contribution in [2.24, 2.45) is 0 Å². The highest BCUT2D eigenvalue weighted by atomic mass is 15.1. The minimum atomic E-state index is 0.520. The summed E-state index contributed by atoms with van der Waals surface area (Å²) in [7, 11) is 2.01. The third kappa shape index (κ3) is 6.32. The highest BCUT2D eigenvalue weighted by molar-refractivity contribution is 4.60. The zero-order valence-corrected chi connectivity index (χ0v) is 8.11. The van der Waals surface area contributed by atoms with E-state index in [1.165, 1.54) is 25.7 Å². The molecular formula is C9H22N2. The first-order chi connectivity index (χ1) is 5.35. The average molecular weight is 158 g/mol. The summed E-state index contributed by atoms with van der Waals surface area (Å²) in [5.41, 5.74) is 0. The second-order valence-corrected chi connectivity index (χ2v) is 2.94. The van der Waals surface area contributed by atoms with Crippen molar-refractivity contribution in [3.05, 3.63) is 0 Å². The van der Waals surface area contributed by atoms with Gasteiger partial charge >= 0.3 is 0 Å². The second kappa shape index (κ2) is 8.02. The quantitative estimate of drug-likeness (QED) is 0.435. The van der Waals surface area contributed by atoms with Gasteiger partial charge in [-0.05, 0) is 26.4 Å². The Morgan fingerprint density at radius 3 is 2.36 bits per heavy atom. The molecule has 1 atom stereocenters. The van der Waals surface area contributed by atoms with Crippen LogP contribution in [0.5, 0.6) is 0 Å². The van der Waals surface area contributed by atoms with Crippen LogP contribution in [0.2, 0.25) is 0 Å². The number of unbranched alkanes of at least 4 members (excludes halogenated alkanes) is 1. The summed E-state index contributed by atoms with van der Waals surface area (Å²) in [5.74, 6) is 0. The highest BCUT2D eigenvalue weighted by Crippen LogP contribution is 1.92. The number of rotatable bonds is 7. The van der Waals surface area contributed by atoms with E-state index in [1.54, 1.807) is 0 Å². The van der Waals surface area contributed by atoms with Gasteiger partial charge in [0.15, 0.2) is 0 Å². The van der Waals surface area contributed by atoms with Crippen molar-refractivity contribution in [1.82, 2.24) is 10.6 Å². The lowest BCUT2D eigenvalue weighted by molar-refractivity contribution is 0.421. The highest BCUT2D eigenvalue weighted by Gasteiger charge is 2.00. The van der Waals surface area contributed by atoms with E-state index >= 15 is 0 Å². The molecule has 0 aliphatic carbocycles. The van der Waals surface area contributed by atoms with Gasteiger partial charge in [0.2, 0.25) is 0 Å². The summed E-state index contributed by atoms with van der Waals surface area (Å²) >= 11 is 0. The summed E-state index contributed by atoms with van der Waals surface area (Å²) in [5, 5.41) is 6.71. The Balaban J connectivity index is 3.20. The zero-order chi connectivity index (χ0) is 8.53. The average Bonchev–Trinajstić information content (AvgIpc) is 2.03. The van der Waals surface area contributed by atoms with E-state index in [-0.39, 0.29) is 0 Å². The molecule has 2 nitrogen and oxygen atoms in total. The van der Waals surface area contributed by atoms with Gasteiger partial charge in [-0.1, -0.05) is 26.7 Å². The number of hydrogen-bond donors (Lipinski definition) is 2. The molecule has 2 heteroatoms. The van der Waals surface area contributed by atoms with Crippen LogP contribution in [0.3, 0.4) is 0 Å². The summed E-state index contributed by atoms with van der Waals surface area (Å²) in [6.45, 7) is 5.57. The van der Waals surface area contributed by atoms with Gasteiger partial charge in [-0.25, -0.2) is 0 Å². The molecule has 0 aromatic carbocycles. The van der Waals surface area contributed by atoms with E-state index in [0.29, 0.717) is 6.17 Å². The molecule has 0 spiro atoms. The van der Waals surface area contributed by atoms with Crippen LogP contribution in [0.25, 0.3) is 0 Å². The SMILES string of the molecule is CCCCNC(CCC)NC. The molecule has 0 radical (unpaired) electrons.